The molecule has 0 aliphatic heterocycles. The van der Waals surface area contributed by atoms with Crippen molar-refractivity contribution in [3.8, 4) is 5.75 Å². The molecule has 0 spiro atoms. The fourth-order valence-electron chi connectivity index (χ4n) is 2.17. The van der Waals surface area contributed by atoms with Crippen molar-refractivity contribution in [2.24, 2.45) is 11.8 Å². The maximum atomic E-state index is 13.4. The van der Waals surface area contributed by atoms with Crippen molar-refractivity contribution < 1.29 is 18.3 Å². The molecular weight excluding hydrogens is 324 g/mol. The minimum absolute atomic E-state index is 0.0179. The number of amides is 1. The number of benzene rings is 1. The molecule has 5 heteroatoms. The molecule has 0 aromatic heterocycles. The molecule has 1 unspecified atom stereocenters. The Kier molecular flexibility index (Phi) is 9.68. The molecule has 1 atom stereocenters. The van der Waals surface area contributed by atoms with Crippen LogP contribution in [0.2, 0.25) is 0 Å². The van der Waals surface area contributed by atoms with Crippen LogP contribution in [0.1, 0.15) is 54.9 Å². The fraction of sp³-hybridized carbons (Fsp3) is 0.650. The first-order chi connectivity index (χ1) is 11.6. The number of hydrogen-bond donors (Lipinski definition) is 0. The van der Waals surface area contributed by atoms with Gasteiger partial charge in [0.25, 0.3) is 5.91 Å². The lowest BCUT2D eigenvalue weighted by molar-refractivity contribution is -0.149. The van der Waals surface area contributed by atoms with Gasteiger partial charge in [-0.2, -0.15) is 0 Å². The topological polar surface area (TPSA) is 29.5 Å². The molecule has 0 aliphatic rings. The van der Waals surface area contributed by atoms with Crippen LogP contribution < -0.4 is 4.74 Å². The van der Waals surface area contributed by atoms with Crippen LogP contribution in [-0.4, -0.2) is 30.0 Å². The van der Waals surface area contributed by atoms with E-state index in [1.165, 1.54) is 0 Å². The minimum atomic E-state index is -1.19. The van der Waals surface area contributed by atoms with Gasteiger partial charge in [-0.05, 0) is 19.3 Å². The minimum Gasteiger partial charge on any atom is -0.477 e. The van der Waals surface area contributed by atoms with Crippen LogP contribution in [0, 0.1) is 23.5 Å². The smallest absolute Gasteiger partial charge is 0.266 e. The molecular formula is C20H33F2NO2. The first-order valence-corrected chi connectivity index (χ1v) is 8.97. The van der Waals surface area contributed by atoms with Crippen LogP contribution in [0.15, 0.2) is 18.2 Å². The Labute approximate surface area is 151 Å². The highest BCUT2D eigenvalue weighted by Crippen LogP contribution is 2.28. The van der Waals surface area contributed by atoms with E-state index in [2.05, 4.69) is 13.8 Å². The number of halogens is 2. The lowest BCUT2D eigenvalue weighted by Gasteiger charge is -2.36. The van der Waals surface area contributed by atoms with E-state index in [9.17, 15) is 13.6 Å². The number of hydrogen-bond acceptors (Lipinski definition) is 2. The van der Waals surface area contributed by atoms with Gasteiger partial charge < -0.3 is 9.64 Å². The second-order valence-corrected chi connectivity index (χ2v) is 6.88. The standard InChI is InChI=1S/C18H27F2NO2.C2H6/c1-12(2)7-8-21(6)17(22)18(5,13(3)4)23-16-10-14(19)9-15(20)11-16;1-2/h9-13H,7-8H2,1-6H3;1-2H3. The van der Waals surface area contributed by atoms with Gasteiger partial charge in [0.2, 0.25) is 0 Å². The van der Waals surface area contributed by atoms with Gasteiger partial charge in [-0.3, -0.25) is 4.79 Å². The molecule has 0 N–H and O–H groups in total. The Balaban J connectivity index is 0.00000277. The van der Waals surface area contributed by atoms with Crippen molar-refractivity contribution in [1.29, 1.82) is 0 Å². The number of nitrogens with zero attached hydrogens (tertiary/aromatic N) is 1. The number of carbonyl (C=O) groups is 1. The van der Waals surface area contributed by atoms with Crippen molar-refractivity contribution in [2.75, 3.05) is 13.6 Å². The van der Waals surface area contributed by atoms with Crippen molar-refractivity contribution in [3.05, 3.63) is 29.8 Å². The molecule has 1 aromatic rings. The molecule has 1 rings (SSSR count). The zero-order valence-corrected chi connectivity index (χ0v) is 16.8. The molecule has 1 aromatic carbocycles. The summed E-state index contributed by atoms with van der Waals surface area (Å²) in [5.41, 5.74) is -1.19. The summed E-state index contributed by atoms with van der Waals surface area (Å²) < 4.78 is 32.5. The Morgan fingerprint density at radius 2 is 1.60 bits per heavy atom. The highest BCUT2D eigenvalue weighted by molar-refractivity contribution is 5.85. The van der Waals surface area contributed by atoms with Crippen molar-refractivity contribution in [2.45, 2.75) is 60.5 Å². The summed E-state index contributed by atoms with van der Waals surface area (Å²) in [7, 11) is 1.72. The van der Waals surface area contributed by atoms with E-state index in [1.54, 1.807) is 18.9 Å². The lowest BCUT2D eigenvalue weighted by atomic mass is 9.90. The van der Waals surface area contributed by atoms with Gasteiger partial charge in [-0.15, -0.1) is 0 Å². The van der Waals surface area contributed by atoms with Crippen LogP contribution in [0.25, 0.3) is 0 Å². The van der Waals surface area contributed by atoms with Gasteiger partial charge >= 0.3 is 0 Å². The Morgan fingerprint density at radius 3 is 2.00 bits per heavy atom. The van der Waals surface area contributed by atoms with E-state index in [1.807, 2.05) is 27.7 Å². The van der Waals surface area contributed by atoms with E-state index in [4.69, 9.17) is 4.74 Å². The second-order valence-electron chi connectivity index (χ2n) is 6.88. The molecule has 0 saturated carbocycles. The molecule has 25 heavy (non-hydrogen) atoms. The summed E-state index contributed by atoms with van der Waals surface area (Å²) in [6.07, 6.45) is 0.880. The number of carbonyl (C=O) groups excluding carboxylic acids is 1. The molecule has 0 bridgehead atoms. The van der Waals surface area contributed by atoms with Crippen LogP contribution >= 0.6 is 0 Å². The van der Waals surface area contributed by atoms with Crippen LogP contribution in [0.4, 0.5) is 8.78 Å². The Bertz CT molecular complexity index is 526. The van der Waals surface area contributed by atoms with E-state index < -0.39 is 17.2 Å². The summed E-state index contributed by atoms with van der Waals surface area (Å²) >= 11 is 0. The highest BCUT2D eigenvalue weighted by Gasteiger charge is 2.41. The summed E-state index contributed by atoms with van der Waals surface area (Å²) in [5.74, 6) is -1.32. The Morgan fingerprint density at radius 1 is 1.12 bits per heavy atom. The molecule has 0 saturated heterocycles. The number of rotatable bonds is 7. The van der Waals surface area contributed by atoms with Gasteiger partial charge in [0.15, 0.2) is 5.60 Å². The van der Waals surface area contributed by atoms with Gasteiger partial charge in [-0.25, -0.2) is 8.78 Å². The molecule has 0 radical (unpaired) electrons. The fourth-order valence-corrected chi connectivity index (χ4v) is 2.17. The molecule has 1 amide bonds. The van der Waals surface area contributed by atoms with E-state index >= 15 is 0 Å². The van der Waals surface area contributed by atoms with Crippen molar-refractivity contribution in [3.63, 3.8) is 0 Å². The van der Waals surface area contributed by atoms with E-state index in [-0.39, 0.29) is 17.6 Å². The number of ether oxygens (including phenoxy) is 1. The third-order valence-corrected chi connectivity index (χ3v) is 4.08. The first kappa shape index (κ1) is 23.4. The monoisotopic (exact) mass is 357 g/mol. The van der Waals surface area contributed by atoms with Gasteiger partial charge in [0.1, 0.15) is 17.4 Å². The predicted molar refractivity (Wildman–Crippen MR) is 98.7 cm³/mol. The van der Waals surface area contributed by atoms with Crippen LogP contribution in [-0.2, 0) is 4.79 Å². The zero-order valence-electron chi connectivity index (χ0n) is 16.8. The Hall–Kier alpha value is -1.65. The maximum Gasteiger partial charge on any atom is 0.266 e. The third kappa shape index (κ3) is 7.00. The van der Waals surface area contributed by atoms with Crippen molar-refractivity contribution >= 4 is 5.91 Å². The largest absolute Gasteiger partial charge is 0.477 e. The highest BCUT2D eigenvalue weighted by atomic mass is 19.1. The summed E-state index contributed by atoms with van der Waals surface area (Å²) in [6.45, 7) is 14.2. The molecule has 0 fully saturated rings. The van der Waals surface area contributed by atoms with Crippen LogP contribution in [0.5, 0.6) is 5.75 Å². The van der Waals surface area contributed by atoms with Crippen molar-refractivity contribution in [1.82, 2.24) is 4.90 Å². The SMILES string of the molecule is CC.CC(C)CCN(C)C(=O)C(C)(Oc1cc(F)cc(F)c1)C(C)C. The normalized spacial score (nSPS) is 13.1. The first-order valence-electron chi connectivity index (χ1n) is 8.97. The van der Waals surface area contributed by atoms with Gasteiger partial charge in [0.05, 0.1) is 0 Å². The average molecular weight is 357 g/mol. The predicted octanol–water partition coefficient (Wildman–Crippen LogP) is 5.29. The summed E-state index contributed by atoms with van der Waals surface area (Å²) in [6, 6.07) is 2.95. The zero-order chi connectivity index (χ0) is 19.8. The molecule has 144 valence electrons. The van der Waals surface area contributed by atoms with E-state index in [0.717, 1.165) is 24.6 Å². The lowest BCUT2D eigenvalue weighted by Crippen LogP contribution is -2.53. The average Bonchev–Trinajstić information content (AvgIpc) is 2.52. The molecule has 3 nitrogen and oxygen atoms in total. The summed E-state index contributed by atoms with van der Waals surface area (Å²) in [4.78, 5) is 14.4. The maximum absolute atomic E-state index is 13.4. The van der Waals surface area contributed by atoms with Crippen LogP contribution in [0.3, 0.4) is 0 Å². The van der Waals surface area contributed by atoms with Gasteiger partial charge in [-0.1, -0.05) is 41.5 Å². The molecule has 0 aliphatic carbocycles. The third-order valence-electron chi connectivity index (χ3n) is 4.08. The number of likely N-dealkylation sites (N-methyl/N-ethyl adjacent to an activating group) is 1. The quantitative estimate of drug-likeness (QED) is 0.664. The van der Waals surface area contributed by atoms with E-state index in [0.29, 0.717) is 12.5 Å². The van der Waals surface area contributed by atoms with Gasteiger partial charge in [0, 0.05) is 37.7 Å². The molecule has 0 heterocycles. The second kappa shape index (κ2) is 10.4. The summed E-state index contributed by atoms with van der Waals surface area (Å²) in [5, 5.41) is 0.